The lowest BCUT2D eigenvalue weighted by Gasteiger charge is -1.94. The van der Waals surface area contributed by atoms with Crippen LogP contribution < -0.4 is 4.74 Å². The molecule has 11 heteroatoms. The topological polar surface area (TPSA) is 116 Å². The van der Waals surface area contributed by atoms with E-state index in [2.05, 4.69) is 24.9 Å². The molecule has 0 saturated carbocycles. The van der Waals surface area contributed by atoms with Crippen molar-refractivity contribution in [2.24, 2.45) is 0 Å². The molecule has 0 aliphatic heterocycles. The zero-order valence-corrected chi connectivity index (χ0v) is 12.3. The lowest BCUT2D eigenvalue weighted by Crippen LogP contribution is -2.11. The van der Waals surface area contributed by atoms with Crippen LogP contribution in [0, 0.1) is 0 Å². The quantitative estimate of drug-likeness (QED) is 0.542. The summed E-state index contributed by atoms with van der Waals surface area (Å²) in [4.78, 5) is 15.0. The fraction of sp³-hybridized carbons (Fsp3) is 0.200. The maximum atomic E-state index is 10.7. The molecule has 0 aliphatic carbocycles. The summed E-state index contributed by atoms with van der Waals surface area (Å²) < 4.78 is 10.7. The van der Waals surface area contributed by atoms with E-state index in [1.807, 2.05) is 11.4 Å². The molecule has 0 radical (unpaired) electrons. The van der Waals surface area contributed by atoms with Crippen LogP contribution in [0.15, 0.2) is 22.7 Å². The summed E-state index contributed by atoms with van der Waals surface area (Å²) in [5.41, 5.74) is 0.599. The SMILES string of the molecule is COc1ccc2c[s+](Sc3nnnn3CC(=O)O)nc2n1. The van der Waals surface area contributed by atoms with Gasteiger partial charge >= 0.3 is 5.97 Å². The van der Waals surface area contributed by atoms with E-state index in [1.54, 1.807) is 13.2 Å². The Bertz CT molecular complexity index is 801. The molecule has 0 aliphatic rings. The second-order valence-electron chi connectivity index (χ2n) is 3.85. The molecule has 0 spiro atoms. The molecule has 0 bridgehead atoms. The van der Waals surface area contributed by atoms with Crippen molar-refractivity contribution in [2.45, 2.75) is 11.7 Å². The first kappa shape index (κ1) is 13.7. The minimum atomic E-state index is -1.01. The average molecular weight is 325 g/mol. The van der Waals surface area contributed by atoms with E-state index in [4.69, 9.17) is 9.84 Å². The molecule has 1 N–H and O–H groups in total. The van der Waals surface area contributed by atoms with Crippen LogP contribution in [0.3, 0.4) is 0 Å². The molecule has 21 heavy (non-hydrogen) atoms. The first-order chi connectivity index (χ1) is 10.2. The molecule has 0 aromatic carbocycles. The number of pyridine rings is 1. The number of aromatic nitrogens is 6. The maximum Gasteiger partial charge on any atom is 0.325 e. The number of hydrogen-bond donors (Lipinski definition) is 1. The van der Waals surface area contributed by atoms with Crippen molar-refractivity contribution in [1.29, 1.82) is 0 Å². The highest BCUT2D eigenvalue weighted by Gasteiger charge is 2.22. The van der Waals surface area contributed by atoms with Gasteiger partial charge in [-0.05, 0) is 20.9 Å². The Kier molecular flexibility index (Phi) is 3.66. The number of carboxylic acid groups (broad SMARTS) is 1. The van der Waals surface area contributed by atoms with Crippen LogP contribution in [-0.2, 0) is 11.3 Å². The molecule has 108 valence electrons. The van der Waals surface area contributed by atoms with Crippen molar-refractivity contribution >= 4 is 37.5 Å². The second-order valence-corrected chi connectivity index (χ2v) is 6.87. The molecule has 3 heterocycles. The number of nitrogens with zero attached hydrogens (tertiary/aromatic N) is 6. The smallest absolute Gasteiger partial charge is 0.325 e. The highest BCUT2D eigenvalue weighted by Crippen LogP contribution is 2.38. The Hall–Kier alpha value is -2.27. The van der Waals surface area contributed by atoms with Crippen LogP contribution >= 0.6 is 20.5 Å². The van der Waals surface area contributed by atoms with Crippen molar-refractivity contribution in [3.05, 3.63) is 17.5 Å². The van der Waals surface area contributed by atoms with Crippen molar-refractivity contribution < 1.29 is 14.6 Å². The second kappa shape index (κ2) is 5.61. The van der Waals surface area contributed by atoms with Gasteiger partial charge in [0.25, 0.3) is 5.16 Å². The van der Waals surface area contributed by atoms with Crippen molar-refractivity contribution in [3.63, 3.8) is 0 Å². The summed E-state index contributed by atoms with van der Waals surface area (Å²) in [7, 11) is 2.28. The number of aliphatic carboxylic acids is 1. The molecule has 1 unspecified atom stereocenters. The van der Waals surface area contributed by atoms with Gasteiger partial charge in [0.05, 0.1) is 12.5 Å². The number of fused-ring (bicyclic) bond motifs is 1. The molecule has 3 aromatic heterocycles. The van der Waals surface area contributed by atoms with Crippen LogP contribution in [0.25, 0.3) is 11.0 Å². The van der Waals surface area contributed by atoms with Crippen LogP contribution in [0.2, 0.25) is 0 Å². The minimum Gasteiger partial charge on any atom is -0.481 e. The zero-order valence-electron chi connectivity index (χ0n) is 10.7. The van der Waals surface area contributed by atoms with Gasteiger partial charge in [0, 0.05) is 6.07 Å². The average Bonchev–Trinajstić information content (AvgIpc) is 3.04. The van der Waals surface area contributed by atoms with Gasteiger partial charge in [-0.25, -0.2) is 4.68 Å². The first-order valence-corrected chi connectivity index (χ1v) is 8.24. The van der Waals surface area contributed by atoms with E-state index in [-0.39, 0.29) is 6.54 Å². The fourth-order valence-electron chi connectivity index (χ4n) is 1.54. The number of methoxy groups -OCH3 is 1. The molecular weight excluding hydrogens is 316 g/mol. The lowest BCUT2D eigenvalue weighted by molar-refractivity contribution is -0.138. The zero-order chi connectivity index (χ0) is 14.8. The van der Waals surface area contributed by atoms with Crippen molar-refractivity contribution in [2.75, 3.05) is 7.11 Å². The summed E-state index contributed by atoms with van der Waals surface area (Å²) >= 11 is 0. The molecule has 0 amide bonds. The number of hydrogen-bond acceptors (Lipinski definition) is 8. The normalized spacial score (nSPS) is 11.8. The number of tetrazole rings is 1. The monoisotopic (exact) mass is 325 g/mol. The molecule has 3 rings (SSSR count). The van der Waals surface area contributed by atoms with Crippen LogP contribution in [0.1, 0.15) is 0 Å². The Morgan fingerprint density at radius 3 is 3.14 bits per heavy atom. The molecule has 0 fully saturated rings. The third kappa shape index (κ3) is 2.92. The number of ether oxygens (including phenoxy) is 1. The van der Waals surface area contributed by atoms with Gasteiger partial charge in [-0.15, -0.1) is 0 Å². The highest BCUT2D eigenvalue weighted by atomic mass is 33.1. The lowest BCUT2D eigenvalue weighted by atomic mass is 10.4. The predicted octanol–water partition coefficient (Wildman–Crippen LogP) is 1.01. The van der Waals surface area contributed by atoms with Gasteiger partial charge in [-0.2, -0.15) is 4.98 Å². The predicted molar refractivity (Wildman–Crippen MR) is 75.3 cm³/mol. The van der Waals surface area contributed by atoms with E-state index >= 15 is 0 Å². The van der Waals surface area contributed by atoms with E-state index in [9.17, 15) is 4.79 Å². The van der Waals surface area contributed by atoms with E-state index in [1.165, 1.54) is 15.5 Å². The van der Waals surface area contributed by atoms with Gasteiger partial charge < -0.3 is 9.84 Å². The summed E-state index contributed by atoms with van der Waals surface area (Å²) in [5, 5.41) is 23.0. The molecule has 1 atom stereocenters. The summed E-state index contributed by atoms with van der Waals surface area (Å²) in [6.07, 6.45) is 0. The first-order valence-electron chi connectivity index (χ1n) is 5.67. The third-order valence-corrected chi connectivity index (χ3v) is 5.33. The van der Waals surface area contributed by atoms with E-state index < -0.39 is 15.7 Å². The van der Waals surface area contributed by atoms with Crippen molar-refractivity contribution in [1.82, 2.24) is 29.6 Å². The Labute approximate surface area is 124 Å². The van der Waals surface area contributed by atoms with Crippen LogP contribution in [0.5, 0.6) is 5.88 Å². The molecular formula is C10H9N6O3S2+. The van der Waals surface area contributed by atoms with Gasteiger partial charge in [-0.1, -0.05) is 5.10 Å². The van der Waals surface area contributed by atoms with Gasteiger partial charge in [-0.3, -0.25) is 4.79 Å². The number of carbonyl (C=O) groups is 1. The Morgan fingerprint density at radius 1 is 1.52 bits per heavy atom. The van der Waals surface area contributed by atoms with Crippen LogP contribution in [-0.4, -0.2) is 47.8 Å². The van der Waals surface area contributed by atoms with Crippen molar-refractivity contribution in [3.8, 4) is 5.88 Å². The molecule has 9 nitrogen and oxygen atoms in total. The maximum absolute atomic E-state index is 10.7. The Balaban J connectivity index is 1.88. The van der Waals surface area contributed by atoms with E-state index in [0.717, 1.165) is 5.39 Å². The van der Waals surface area contributed by atoms with Gasteiger partial charge in [0.1, 0.15) is 6.54 Å². The minimum absolute atomic E-state index is 0.286. The standard InChI is InChI=1S/C10H8N6O3S2/c1-19-7-3-2-6-5-21(13-9(6)11-7)20-10-12-14-15-16(10)4-8(17)18/h2-3,5H,4H2,1H3/p+1. The van der Waals surface area contributed by atoms with Gasteiger partial charge in [0.15, 0.2) is 15.1 Å². The molecule has 3 aromatic rings. The van der Waals surface area contributed by atoms with Crippen LogP contribution in [0.4, 0.5) is 0 Å². The summed E-state index contributed by atoms with van der Waals surface area (Å²) in [5.74, 6) is -0.508. The number of rotatable bonds is 5. The number of carboxylic acids is 1. The summed E-state index contributed by atoms with van der Waals surface area (Å²) in [6, 6.07) is 3.63. The highest BCUT2D eigenvalue weighted by molar-refractivity contribution is 8.44. The Morgan fingerprint density at radius 2 is 2.38 bits per heavy atom. The molecule has 0 saturated heterocycles. The van der Waals surface area contributed by atoms with Gasteiger partial charge in [0.2, 0.25) is 22.3 Å². The third-order valence-electron chi connectivity index (χ3n) is 2.44. The summed E-state index contributed by atoms with van der Waals surface area (Å²) in [6.45, 7) is -0.286. The van der Waals surface area contributed by atoms with E-state index in [0.29, 0.717) is 16.7 Å². The largest absolute Gasteiger partial charge is 0.481 e. The fourth-order valence-corrected chi connectivity index (χ4v) is 4.40.